The Bertz CT molecular complexity index is 218. The number of rotatable bonds is 5. The van der Waals surface area contributed by atoms with E-state index in [1.807, 2.05) is 19.0 Å². The van der Waals surface area contributed by atoms with Gasteiger partial charge in [-0.2, -0.15) is 0 Å². The van der Waals surface area contributed by atoms with Gasteiger partial charge in [0.05, 0.1) is 0 Å². The summed E-state index contributed by atoms with van der Waals surface area (Å²) in [6.07, 6.45) is 6.71. The van der Waals surface area contributed by atoms with Crippen molar-refractivity contribution in [1.82, 2.24) is 10.2 Å². The lowest BCUT2D eigenvalue weighted by Gasteiger charge is -2.36. The van der Waals surface area contributed by atoms with Crippen LogP contribution in [0.15, 0.2) is 0 Å². The lowest BCUT2D eigenvalue weighted by Crippen LogP contribution is -2.42. The third-order valence-electron chi connectivity index (χ3n) is 3.77. The third kappa shape index (κ3) is 3.78. The first-order valence-corrected chi connectivity index (χ1v) is 6.57. The van der Waals surface area contributed by atoms with Crippen LogP contribution in [0, 0.1) is 5.92 Å². The molecule has 2 unspecified atom stereocenters. The molecule has 16 heavy (non-hydrogen) atoms. The highest BCUT2D eigenvalue weighted by Crippen LogP contribution is 2.27. The van der Waals surface area contributed by atoms with Crippen LogP contribution in [-0.2, 0) is 4.79 Å². The second kappa shape index (κ2) is 6.89. The minimum Gasteiger partial charge on any atom is -0.343 e. The molecule has 3 heteroatoms. The van der Waals surface area contributed by atoms with Gasteiger partial charge in [0.1, 0.15) is 0 Å². The van der Waals surface area contributed by atoms with E-state index >= 15 is 0 Å². The Balaban J connectivity index is 2.36. The molecule has 0 radical (unpaired) electrons. The normalized spacial score (nSPS) is 25.4. The highest BCUT2D eigenvalue weighted by atomic mass is 16.2. The van der Waals surface area contributed by atoms with Gasteiger partial charge in [-0.1, -0.05) is 19.8 Å². The van der Waals surface area contributed by atoms with Crippen molar-refractivity contribution in [3.63, 3.8) is 0 Å². The van der Waals surface area contributed by atoms with E-state index in [9.17, 15) is 4.79 Å². The number of carbonyl (C=O) groups is 1. The van der Waals surface area contributed by atoms with Crippen molar-refractivity contribution < 1.29 is 4.79 Å². The Labute approximate surface area is 99.6 Å². The average molecular weight is 226 g/mol. The summed E-state index contributed by atoms with van der Waals surface area (Å²) < 4.78 is 0. The largest absolute Gasteiger partial charge is 0.343 e. The van der Waals surface area contributed by atoms with Gasteiger partial charge in [-0.05, 0) is 38.8 Å². The Hall–Kier alpha value is -0.570. The van der Waals surface area contributed by atoms with Crippen molar-refractivity contribution in [3.05, 3.63) is 0 Å². The number of hydrogen-bond acceptors (Lipinski definition) is 2. The van der Waals surface area contributed by atoms with Crippen LogP contribution in [0.1, 0.15) is 45.4 Å². The summed E-state index contributed by atoms with van der Waals surface area (Å²) in [5, 5.41) is 3.08. The Morgan fingerprint density at radius 2 is 2.06 bits per heavy atom. The molecule has 0 heterocycles. The number of amides is 1. The highest BCUT2D eigenvalue weighted by molar-refractivity contribution is 5.76. The van der Waals surface area contributed by atoms with Crippen LogP contribution in [0.25, 0.3) is 0 Å². The smallest absolute Gasteiger partial charge is 0.222 e. The molecule has 1 rings (SSSR count). The summed E-state index contributed by atoms with van der Waals surface area (Å²) in [7, 11) is 3.91. The number of carbonyl (C=O) groups excluding carboxylic acids is 1. The monoisotopic (exact) mass is 226 g/mol. The van der Waals surface area contributed by atoms with Crippen molar-refractivity contribution >= 4 is 5.91 Å². The molecule has 0 aromatic heterocycles. The molecule has 1 N–H and O–H groups in total. The zero-order valence-electron chi connectivity index (χ0n) is 11.0. The summed E-state index contributed by atoms with van der Waals surface area (Å²) in [6, 6.07) is 0.482. The topological polar surface area (TPSA) is 32.3 Å². The molecule has 1 amide bonds. The molecule has 2 atom stereocenters. The fourth-order valence-corrected chi connectivity index (χ4v) is 2.65. The highest BCUT2D eigenvalue weighted by Gasteiger charge is 2.27. The van der Waals surface area contributed by atoms with Gasteiger partial charge in [-0.3, -0.25) is 4.79 Å². The van der Waals surface area contributed by atoms with Crippen LogP contribution in [-0.4, -0.2) is 37.5 Å². The van der Waals surface area contributed by atoms with Crippen LogP contribution in [0.5, 0.6) is 0 Å². The third-order valence-corrected chi connectivity index (χ3v) is 3.77. The fourth-order valence-electron chi connectivity index (χ4n) is 2.65. The second-order valence-electron chi connectivity index (χ2n) is 5.04. The van der Waals surface area contributed by atoms with E-state index < -0.39 is 0 Å². The van der Waals surface area contributed by atoms with Gasteiger partial charge in [-0.15, -0.1) is 0 Å². The molecule has 1 saturated carbocycles. The molecular formula is C13H26N2O. The molecule has 0 aliphatic heterocycles. The Morgan fingerprint density at radius 3 is 2.69 bits per heavy atom. The quantitative estimate of drug-likeness (QED) is 0.727. The maximum absolute atomic E-state index is 12.0. The lowest BCUT2D eigenvalue weighted by molar-refractivity contribution is -0.133. The molecule has 94 valence electrons. The summed E-state index contributed by atoms with van der Waals surface area (Å²) in [6.45, 7) is 3.21. The molecule has 1 aliphatic rings. The Kier molecular flexibility index (Phi) is 5.81. The minimum absolute atomic E-state index is 0.314. The predicted octanol–water partition coefficient (Wildman–Crippen LogP) is 2.02. The van der Waals surface area contributed by atoms with E-state index in [0.717, 1.165) is 13.0 Å². The van der Waals surface area contributed by atoms with E-state index in [-0.39, 0.29) is 0 Å². The van der Waals surface area contributed by atoms with Crippen molar-refractivity contribution in [2.75, 3.05) is 20.6 Å². The average Bonchev–Trinajstić information content (AvgIpc) is 2.29. The maximum Gasteiger partial charge on any atom is 0.222 e. The van der Waals surface area contributed by atoms with Gasteiger partial charge >= 0.3 is 0 Å². The molecule has 0 bridgehead atoms. The standard InChI is InChI=1S/C13H26N2O/c1-11-7-4-5-8-12(11)15(3)13(16)9-6-10-14-2/h11-12,14H,4-10H2,1-3H3. The van der Waals surface area contributed by atoms with Gasteiger partial charge in [-0.25, -0.2) is 0 Å². The number of nitrogens with zero attached hydrogens (tertiary/aromatic N) is 1. The van der Waals surface area contributed by atoms with Gasteiger partial charge in [0.15, 0.2) is 0 Å². The first-order valence-electron chi connectivity index (χ1n) is 6.57. The van der Waals surface area contributed by atoms with E-state index in [1.165, 1.54) is 25.7 Å². The van der Waals surface area contributed by atoms with Crippen molar-refractivity contribution in [3.8, 4) is 0 Å². The summed E-state index contributed by atoms with van der Waals surface area (Å²) in [5.74, 6) is 0.987. The van der Waals surface area contributed by atoms with E-state index in [1.54, 1.807) is 0 Å². The van der Waals surface area contributed by atoms with E-state index in [0.29, 0.717) is 24.3 Å². The minimum atomic E-state index is 0.314. The van der Waals surface area contributed by atoms with E-state index in [2.05, 4.69) is 12.2 Å². The molecule has 0 aromatic carbocycles. The van der Waals surface area contributed by atoms with Crippen LogP contribution < -0.4 is 5.32 Å². The SMILES string of the molecule is CNCCCC(=O)N(C)C1CCCCC1C. The summed E-state index contributed by atoms with van der Waals surface area (Å²) in [5.41, 5.74) is 0. The van der Waals surface area contributed by atoms with Crippen LogP contribution in [0.4, 0.5) is 0 Å². The zero-order chi connectivity index (χ0) is 12.0. The summed E-state index contributed by atoms with van der Waals surface area (Å²) >= 11 is 0. The van der Waals surface area contributed by atoms with Crippen LogP contribution >= 0.6 is 0 Å². The fraction of sp³-hybridized carbons (Fsp3) is 0.923. The first-order chi connectivity index (χ1) is 7.66. The second-order valence-corrected chi connectivity index (χ2v) is 5.04. The lowest BCUT2D eigenvalue weighted by atomic mass is 9.85. The predicted molar refractivity (Wildman–Crippen MR) is 67.4 cm³/mol. The molecule has 1 aliphatic carbocycles. The van der Waals surface area contributed by atoms with Gasteiger partial charge in [0.2, 0.25) is 5.91 Å². The molecule has 3 nitrogen and oxygen atoms in total. The zero-order valence-corrected chi connectivity index (χ0v) is 11.0. The number of hydrogen-bond donors (Lipinski definition) is 1. The molecular weight excluding hydrogens is 200 g/mol. The molecule has 0 saturated heterocycles. The van der Waals surface area contributed by atoms with Gasteiger partial charge in [0.25, 0.3) is 0 Å². The van der Waals surface area contributed by atoms with Gasteiger partial charge in [0, 0.05) is 19.5 Å². The van der Waals surface area contributed by atoms with Crippen LogP contribution in [0.2, 0.25) is 0 Å². The van der Waals surface area contributed by atoms with Crippen molar-refractivity contribution in [2.45, 2.75) is 51.5 Å². The van der Waals surface area contributed by atoms with Gasteiger partial charge < -0.3 is 10.2 Å². The molecule has 1 fully saturated rings. The first kappa shape index (κ1) is 13.5. The number of nitrogens with one attached hydrogen (secondary N) is 1. The molecule has 0 spiro atoms. The maximum atomic E-state index is 12.0. The molecule has 0 aromatic rings. The van der Waals surface area contributed by atoms with Crippen LogP contribution in [0.3, 0.4) is 0 Å². The van der Waals surface area contributed by atoms with Crippen molar-refractivity contribution in [1.29, 1.82) is 0 Å². The summed E-state index contributed by atoms with van der Waals surface area (Å²) in [4.78, 5) is 14.0. The van der Waals surface area contributed by atoms with E-state index in [4.69, 9.17) is 0 Å². The Morgan fingerprint density at radius 1 is 1.38 bits per heavy atom. The van der Waals surface area contributed by atoms with Crippen molar-refractivity contribution in [2.24, 2.45) is 5.92 Å².